The van der Waals surface area contributed by atoms with Crippen molar-refractivity contribution in [2.24, 2.45) is 0 Å². The van der Waals surface area contributed by atoms with Crippen LogP contribution in [-0.2, 0) is 20.7 Å². The smallest absolute Gasteiger partial charge is 0.330 e. The van der Waals surface area contributed by atoms with Crippen LogP contribution in [0.2, 0.25) is 0 Å². The van der Waals surface area contributed by atoms with Crippen LogP contribution in [0.3, 0.4) is 0 Å². The van der Waals surface area contributed by atoms with E-state index in [2.05, 4.69) is 10.3 Å². The van der Waals surface area contributed by atoms with Crippen LogP contribution in [0.25, 0.3) is 10.9 Å². The molecule has 0 saturated heterocycles. The van der Waals surface area contributed by atoms with E-state index >= 15 is 0 Å². The van der Waals surface area contributed by atoms with Crippen LogP contribution in [0.15, 0.2) is 30.5 Å². The number of fused-ring (bicyclic) bond motifs is 1. The molecule has 2 N–H and O–H groups in total. The lowest BCUT2D eigenvalue weighted by atomic mass is 10.0. The summed E-state index contributed by atoms with van der Waals surface area (Å²) in [5.74, 6) is -0.944. The van der Waals surface area contributed by atoms with Crippen LogP contribution >= 0.6 is 0 Å². The average Bonchev–Trinajstić information content (AvgIpc) is 2.89. The first-order valence-corrected chi connectivity index (χ1v) is 6.93. The molecule has 0 fully saturated rings. The van der Waals surface area contributed by atoms with Crippen molar-refractivity contribution in [3.63, 3.8) is 0 Å². The molecule has 22 heavy (non-hydrogen) atoms. The molecule has 0 aliphatic carbocycles. The fraction of sp³-hybridized carbons (Fsp3) is 0.312. The molecule has 114 valence electrons. The Morgan fingerprint density at radius 3 is 2.82 bits per heavy atom. The minimum Gasteiger partial charge on any atom is -0.446 e. The van der Waals surface area contributed by atoms with Crippen molar-refractivity contribution < 1.29 is 14.3 Å². The van der Waals surface area contributed by atoms with Crippen molar-refractivity contribution >= 4 is 22.8 Å². The average molecular weight is 299 g/mol. The van der Waals surface area contributed by atoms with Crippen molar-refractivity contribution in [3.05, 3.63) is 36.0 Å². The van der Waals surface area contributed by atoms with Gasteiger partial charge in [-0.3, -0.25) is 4.79 Å². The van der Waals surface area contributed by atoms with Gasteiger partial charge in [-0.15, -0.1) is 0 Å². The summed E-state index contributed by atoms with van der Waals surface area (Å²) in [5.41, 5.74) is 1.86. The highest BCUT2D eigenvalue weighted by atomic mass is 16.5. The first-order chi connectivity index (χ1) is 10.5. The van der Waals surface area contributed by atoms with Crippen LogP contribution in [0, 0.1) is 11.3 Å². The number of esters is 1. The number of carbonyl (C=O) groups excluding carboxylic acids is 2. The Bertz CT molecular complexity index is 730. The quantitative estimate of drug-likeness (QED) is 0.821. The van der Waals surface area contributed by atoms with Gasteiger partial charge in [-0.2, -0.15) is 5.26 Å². The zero-order chi connectivity index (χ0) is 16.1. The SMILES string of the molecule is CC(=O)N[C@@H](Cc1c[nH]c2ccccc12)C(=O)O[C@@H](C)C#N. The number of nitrogens with zero attached hydrogens (tertiary/aromatic N) is 1. The summed E-state index contributed by atoms with van der Waals surface area (Å²) in [4.78, 5) is 26.5. The number of hydrogen-bond donors (Lipinski definition) is 2. The number of hydrogen-bond acceptors (Lipinski definition) is 4. The third-order valence-electron chi connectivity index (χ3n) is 3.24. The highest BCUT2D eigenvalue weighted by Gasteiger charge is 2.24. The van der Waals surface area contributed by atoms with Crippen LogP contribution < -0.4 is 5.32 Å². The second-order valence-corrected chi connectivity index (χ2v) is 5.02. The summed E-state index contributed by atoms with van der Waals surface area (Å²) in [5, 5.41) is 12.3. The van der Waals surface area contributed by atoms with E-state index in [9.17, 15) is 9.59 Å². The van der Waals surface area contributed by atoms with Gasteiger partial charge in [-0.05, 0) is 18.6 Å². The lowest BCUT2D eigenvalue weighted by Gasteiger charge is -2.17. The molecule has 1 aromatic heterocycles. The van der Waals surface area contributed by atoms with E-state index in [1.807, 2.05) is 30.3 Å². The molecule has 0 saturated carbocycles. The number of amides is 1. The second-order valence-electron chi connectivity index (χ2n) is 5.02. The summed E-state index contributed by atoms with van der Waals surface area (Å²) in [6.07, 6.45) is 1.24. The van der Waals surface area contributed by atoms with Crippen molar-refractivity contribution in [1.82, 2.24) is 10.3 Å². The molecule has 0 bridgehead atoms. The van der Waals surface area contributed by atoms with E-state index < -0.39 is 18.1 Å². The molecule has 6 nitrogen and oxygen atoms in total. The van der Waals surface area contributed by atoms with E-state index in [0.29, 0.717) is 6.42 Å². The number of benzene rings is 1. The van der Waals surface area contributed by atoms with Crippen LogP contribution in [0.4, 0.5) is 0 Å². The first kappa shape index (κ1) is 15.6. The normalized spacial score (nSPS) is 13.1. The monoisotopic (exact) mass is 299 g/mol. The second kappa shape index (κ2) is 6.76. The number of carbonyl (C=O) groups is 2. The number of aromatic nitrogens is 1. The van der Waals surface area contributed by atoms with Gasteiger partial charge in [-0.25, -0.2) is 4.79 Å². The van der Waals surface area contributed by atoms with E-state index in [1.54, 1.807) is 6.20 Å². The Morgan fingerprint density at radius 1 is 1.41 bits per heavy atom. The van der Waals surface area contributed by atoms with Gasteiger partial charge in [0.15, 0.2) is 6.10 Å². The number of para-hydroxylation sites is 1. The molecular formula is C16H17N3O3. The molecule has 2 atom stereocenters. The molecule has 0 radical (unpaired) electrons. The Balaban J connectivity index is 2.21. The predicted octanol–water partition coefficient (Wildman–Crippen LogP) is 1.67. The molecule has 1 amide bonds. The zero-order valence-corrected chi connectivity index (χ0v) is 12.4. The summed E-state index contributed by atoms with van der Waals surface area (Å²) < 4.78 is 5.00. The molecule has 2 rings (SSSR count). The minimum absolute atomic E-state index is 0.292. The van der Waals surface area contributed by atoms with E-state index in [4.69, 9.17) is 10.00 Å². The Kier molecular flexibility index (Phi) is 4.79. The third kappa shape index (κ3) is 3.64. The lowest BCUT2D eigenvalue weighted by molar-refractivity contribution is -0.149. The largest absolute Gasteiger partial charge is 0.446 e. The van der Waals surface area contributed by atoms with Crippen molar-refractivity contribution in [2.75, 3.05) is 0 Å². The van der Waals surface area contributed by atoms with Crippen molar-refractivity contribution in [3.8, 4) is 6.07 Å². The van der Waals surface area contributed by atoms with Crippen LogP contribution in [0.1, 0.15) is 19.4 Å². The van der Waals surface area contributed by atoms with E-state index in [1.165, 1.54) is 13.8 Å². The Morgan fingerprint density at radius 2 is 2.14 bits per heavy atom. The van der Waals surface area contributed by atoms with Gasteiger partial charge in [0, 0.05) is 30.4 Å². The predicted molar refractivity (Wildman–Crippen MR) is 80.8 cm³/mol. The number of nitrogens with one attached hydrogen (secondary N) is 2. The van der Waals surface area contributed by atoms with E-state index in [-0.39, 0.29) is 5.91 Å². The first-order valence-electron chi connectivity index (χ1n) is 6.93. The van der Waals surface area contributed by atoms with Crippen molar-refractivity contribution in [1.29, 1.82) is 5.26 Å². The van der Waals surface area contributed by atoms with Gasteiger partial charge >= 0.3 is 5.97 Å². The number of H-pyrrole nitrogens is 1. The molecule has 2 aromatic rings. The summed E-state index contributed by atoms with van der Waals surface area (Å²) in [6, 6.07) is 8.70. The minimum atomic E-state index is -0.855. The molecular weight excluding hydrogens is 282 g/mol. The fourth-order valence-corrected chi connectivity index (χ4v) is 2.24. The van der Waals surface area contributed by atoms with E-state index in [0.717, 1.165) is 16.5 Å². The van der Waals surface area contributed by atoms with Gasteiger partial charge in [0.2, 0.25) is 5.91 Å². The zero-order valence-electron chi connectivity index (χ0n) is 12.4. The maximum Gasteiger partial charge on any atom is 0.330 e. The maximum absolute atomic E-state index is 12.1. The molecule has 6 heteroatoms. The topological polar surface area (TPSA) is 95.0 Å². The molecule has 0 aliphatic heterocycles. The van der Waals surface area contributed by atoms with Crippen molar-refractivity contribution in [2.45, 2.75) is 32.4 Å². The summed E-state index contributed by atoms with van der Waals surface area (Å²) in [7, 11) is 0. The maximum atomic E-state index is 12.1. The van der Waals surface area contributed by atoms with Gasteiger partial charge in [0.05, 0.1) is 0 Å². The van der Waals surface area contributed by atoms with Gasteiger partial charge < -0.3 is 15.0 Å². The standard InChI is InChI=1S/C16H17N3O3/c1-10(8-17)22-16(21)15(19-11(2)20)7-12-9-18-14-6-4-3-5-13(12)14/h3-6,9-10,15,18H,7H2,1-2H3,(H,19,20)/t10-,15-/m0/s1. The number of rotatable bonds is 5. The Labute approximate surface area is 128 Å². The van der Waals surface area contributed by atoms with Crippen LogP contribution in [-0.4, -0.2) is 29.0 Å². The molecule has 1 aromatic carbocycles. The number of aromatic amines is 1. The molecule has 0 aliphatic rings. The van der Waals surface area contributed by atoms with Crippen LogP contribution in [0.5, 0.6) is 0 Å². The fourth-order valence-electron chi connectivity index (χ4n) is 2.24. The lowest BCUT2D eigenvalue weighted by Crippen LogP contribution is -2.43. The third-order valence-corrected chi connectivity index (χ3v) is 3.24. The van der Waals surface area contributed by atoms with Gasteiger partial charge in [0.25, 0.3) is 0 Å². The van der Waals surface area contributed by atoms with Gasteiger partial charge in [0.1, 0.15) is 12.1 Å². The summed E-state index contributed by atoms with van der Waals surface area (Å²) in [6.45, 7) is 2.82. The molecule has 0 spiro atoms. The number of nitriles is 1. The highest BCUT2D eigenvalue weighted by Crippen LogP contribution is 2.19. The van der Waals surface area contributed by atoms with Gasteiger partial charge in [-0.1, -0.05) is 18.2 Å². The molecule has 1 heterocycles. The number of ether oxygens (including phenoxy) is 1. The highest BCUT2D eigenvalue weighted by molar-refractivity contribution is 5.86. The molecule has 0 unspecified atom stereocenters. The summed E-state index contributed by atoms with van der Waals surface area (Å²) >= 11 is 0. The Hall–Kier alpha value is -2.81.